The number of fused-ring (bicyclic) bond motifs is 1. The van der Waals surface area contributed by atoms with Crippen molar-refractivity contribution in [2.45, 2.75) is 25.7 Å². The van der Waals surface area contributed by atoms with Gasteiger partial charge in [0.05, 0.1) is 9.85 Å². The molecular formula is C10H10N2O4. The first-order chi connectivity index (χ1) is 7.61. The largest absolute Gasteiger partial charge is 0.349 e. The molecule has 6 nitrogen and oxygen atoms in total. The summed E-state index contributed by atoms with van der Waals surface area (Å²) in [5, 5.41) is 21.6. The molecule has 0 heterocycles. The van der Waals surface area contributed by atoms with Gasteiger partial charge in [-0.1, -0.05) is 6.07 Å². The van der Waals surface area contributed by atoms with E-state index in [1.54, 1.807) is 6.07 Å². The van der Waals surface area contributed by atoms with Crippen LogP contribution in [0.1, 0.15) is 24.0 Å². The molecule has 0 radical (unpaired) electrons. The van der Waals surface area contributed by atoms with Gasteiger partial charge in [-0.05, 0) is 31.2 Å². The maximum Gasteiger partial charge on any atom is 0.349 e. The minimum Gasteiger partial charge on any atom is -0.258 e. The minimum atomic E-state index is -0.687. The normalized spacial score (nSPS) is 14.2. The summed E-state index contributed by atoms with van der Waals surface area (Å²) in [5.41, 5.74) is 0.710. The highest BCUT2D eigenvalue weighted by Crippen LogP contribution is 2.36. The fourth-order valence-electron chi connectivity index (χ4n) is 2.15. The highest BCUT2D eigenvalue weighted by Gasteiger charge is 2.31. The predicted molar refractivity (Wildman–Crippen MR) is 56.4 cm³/mol. The highest BCUT2D eigenvalue weighted by molar-refractivity contribution is 5.61. The van der Waals surface area contributed by atoms with E-state index in [4.69, 9.17) is 0 Å². The summed E-state index contributed by atoms with van der Waals surface area (Å²) in [7, 11) is 0. The number of benzene rings is 1. The molecule has 0 aliphatic heterocycles. The Morgan fingerprint density at radius 3 is 2.31 bits per heavy atom. The zero-order valence-corrected chi connectivity index (χ0v) is 8.51. The van der Waals surface area contributed by atoms with E-state index < -0.39 is 15.5 Å². The first-order valence-corrected chi connectivity index (χ1v) is 5.05. The Bertz CT molecular complexity index is 470. The summed E-state index contributed by atoms with van der Waals surface area (Å²) >= 11 is 0. The maximum absolute atomic E-state index is 10.9. The maximum atomic E-state index is 10.9. The van der Waals surface area contributed by atoms with Crippen LogP contribution in [0.4, 0.5) is 11.4 Å². The molecule has 1 aliphatic rings. The van der Waals surface area contributed by atoms with E-state index in [1.807, 2.05) is 0 Å². The summed E-state index contributed by atoms with van der Waals surface area (Å²) in [5.74, 6) is 0. The topological polar surface area (TPSA) is 86.3 Å². The SMILES string of the molecule is O=[N+]([O-])c1ccc2c(c1[N+](=O)[O-])CCCC2. The van der Waals surface area contributed by atoms with Crippen molar-refractivity contribution in [2.24, 2.45) is 0 Å². The molecule has 2 rings (SSSR count). The summed E-state index contributed by atoms with van der Waals surface area (Å²) < 4.78 is 0. The third kappa shape index (κ3) is 1.62. The van der Waals surface area contributed by atoms with Crippen LogP contribution < -0.4 is 0 Å². The van der Waals surface area contributed by atoms with E-state index in [9.17, 15) is 20.2 Å². The second kappa shape index (κ2) is 3.88. The van der Waals surface area contributed by atoms with Crippen molar-refractivity contribution in [3.63, 3.8) is 0 Å². The Hall–Kier alpha value is -1.98. The molecule has 1 aliphatic carbocycles. The van der Waals surface area contributed by atoms with Crippen LogP contribution >= 0.6 is 0 Å². The zero-order valence-electron chi connectivity index (χ0n) is 8.51. The Morgan fingerprint density at radius 1 is 1.00 bits per heavy atom. The average molecular weight is 222 g/mol. The van der Waals surface area contributed by atoms with Crippen LogP contribution in [0, 0.1) is 20.2 Å². The minimum absolute atomic E-state index is 0.317. The number of nitro benzene ring substituents is 2. The van der Waals surface area contributed by atoms with Gasteiger partial charge in [0.25, 0.3) is 0 Å². The van der Waals surface area contributed by atoms with E-state index in [0.717, 1.165) is 24.8 Å². The van der Waals surface area contributed by atoms with E-state index in [-0.39, 0.29) is 5.69 Å². The quantitative estimate of drug-likeness (QED) is 0.567. The van der Waals surface area contributed by atoms with Crippen LogP contribution in [0.15, 0.2) is 12.1 Å². The van der Waals surface area contributed by atoms with Crippen LogP contribution in [-0.2, 0) is 12.8 Å². The van der Waals surface area contributed by atoms with Gasteiger partial charge in [0.15, 0.2) is 0 Å². The summed E-state index contributed by atoms with van der Waals surface area (Å²) in [6.07, 6.45) is 3.18. The van der Waals surface area contributed by atoms with Crippen molar-refractivity contribution in [1.82, 2.24) is 0 Å². The first kappa shape index (κ1) is 10.5. The van der Waals surface area contributed by atoms with Crippen molar-refractivity contribution in [3.05, 3.63) is 43.5 Å². The van der Waals surface area contributed by atoms with E-state index >= 15 is 0 Å². The van der Waals surface area contributed by atoms with Crippen molar-refractivity contribution < 1.29 is 9.85 Å². The lowest BCUT2D eigenvalue weighted by Gasteiger charge is -2.14. The molecule has 84 valence electrons. The number of hydrogen-bond acceptors (Lipinski definition) is 4. The highest BCUT2D eigenvalue weighted by atomic mass is 16.6. The van der Waals surface area contributed by atoms with Crippen molar-refractivity contribution in [3.8, 4) is 0 Å². The summed E-state index contributed by atoms with van der Waals surface area (Å²) in [4.78, 5) is 20.3. The number of aryl methyl sites for hydroxylation is 1. The summed E-state index contributed by atoms with van der Waals surface area (Å²) in [6.45, 7) is 0. The second-order valence-electron chi connectivity index (χ2n) is 3.79. The molecule has 0 N–H and O–H groups in total. The van der Waals surface area contributed by atoms with E-state index in [1.165, 1.54) is 6.07 Å². The van der Waals surface area contributed by atoms with Gasteiger partial charge in [0, 0.05) is 11.6 Å². The smallest absolute Gasteiger partial charge is 0.258 e. The Morgan fingerprint density at radius 2 is 1.69 bits per heavy atom. The molecule has 0 atom stereocenters. The lowest BCUT2D eigenvalue weighted by molar-refractivity contribution is -0.423. The van der Waals surface area contributed by atoms with Crippen LogP contribution in [0.25, 0.3) is 0 Å². The van der Waals surface area contributed by atoms with Crippen molar-refractivity contribution >= 4 is 11.4 Å². The van der Waals surface area contributed by atoms with E-state index in [2.05, 4.69) is 0 Å². The Labute approximate surface area is 91.2 Å². The monoisotopic (exact) mass is 222 g/mol. The molecular weight excluding hydrogens is 212 g/mol. The average Bonchev–Trinajstić information content (AvgIpc) is 2.27. The molecule has 1 aromatic carbocycles. The number of hydrogen-bond donors (Lipinski definition) is 0. The lowest BCUT2D eigenvalue weighted by Crippen LogP contribution is -2.08. The van der Waals surface area contributed by atoms with Crippen LogP contribution in [0.5, 0.6) is 0 Å². The third-order valence-corrected chi connectivity index (χ3v) is 2.86. The van der Waals surface area contributed by atoms with Crippen molar-refractivity contribution in [1.29, 1.82) is 0 Å². The Kier molecular flexibility index (Phi) is 2.55. The second-order valence-corrected chi connectivity index (χ2v) is 3.79. The van der Waals surface area contributed by atoms with Gasteiger partial charge >= 0.3 is 11.4 Å². The molecule has 0 amide bonds. The standard InChI is InChI=1S/C10H10N2O4/c13-11(14)9-6-5-7-3-1-2-4-8(7)10(9)12(15)16/h5-6H,1-4H2. The first-order valence-electron chi connectivity index (χ1n) is 5.05. The molecule has 0 aromatic heterocycles. The molecule has 0 saturated carbocycles. The van der Waals surface area contributed by atoms with Crippen LogP contribution in [0.2, 0.25) is 0 Å². The molecule has 0 saturated heterocycles. The fraction of sp³-hybridized carbons (Fsp3) is 0.400. The molecule has 6 heteroatoms. The molecule has 0 unspecified atom stereocenters. The molecule has 0 fully saturated rings. The van der Waals surface area contributed by atoms with Crippen molar-refractivity contribution in [2.75, 3.05) is 0 Å². The number of nitro groups is 2. The molecule has 0 bridgehead atoms. The number of nitrogens with zero attached hydrogens (tertiary/aromatic N) is 2. The van der Waals surface area contributed by atoms with E-state index in [0.29, 0.717) is 12.0 Å². The molecule has 16 heavy (non-hydrogen) atoms. The Balaban J connectivity index is 2.66. The zero-order chi connectivity index (χ0) is 11.7. The molecule has 0 spiro atoms. The van der Waals surface area contributed by atoms with Gasteiger partial charge in [0.1, 0.15) is 0 Å². The number of rotatable bonds is 2. The summed E-state index contributed by atoms with van der Waals surface area (Å²) in [6, 6.07) is 2.88. The third-order valence-electron chi connectivity index (χ3n) is 2.86. The van der Waals surface area contributed by atoms with Gasteiger partial charge < -0.3 is 0 Å². The lowest BCUT2D eigenvalue weighted by atomic mass is 9.90. The van der Waals surface area contributed by atoms with Crippen LogP contribution in [-0.4, -0.2) is 9.85 Å². The van der Waals surface area contributed by atoms with Gasteiger partial charge in [-0.25, -0.2) is 0 Å². The van der Waals surface area contributed by atoms with Gasteiger partial charge in [0.2, 0.25) is 0 Å². The molecule has 1 aromatic rings. The fourth-order valence-corrected chi connectivity index (χ4v) is 2.15. The van der Waals surface area contributed by atoms with Gasteiger partial charge in [-0.15, -0.1) is 0 Å². The predicted octanol–water partition coefficient (Wildman–Crippen LogP) is 2.38. The van der Waals surface area contributed by atoms with Crippen LogP contribution in [0.3, 0.4) is 0 Å². The van der Waals surface area contributed by atoms with Gasteiger partial charge in [-0.3, -0.25) is 20.2 Å². The van der Waals surface area contributed by atoms with Gasteiger partial charge in [-0.2, -0.15) is 0 Å².